The Labute approximate surface area is 221 Å². The maximum atomic E-state index is 13.4. The number of carboxylic acids is 1. The van der Waals surface area contributed by atoms with Crippen molar-refractivity contribution >= 4 is 29.7 Å². The Morgan fingerprint density at radius 2 is 1.63 bits per heavy atom. The number of hydrogen-bond acceptors (Lipinski definition) is 5. The number of guanidine groups is 1. The summed E-state index contributed by atoms with van der Waals surface area (Å²) in [4.78, 5) is 56.8. The zero-order valence-electron chi connectivity index (χ0n) is 21.1. The summed E-state index contributed by atoms with van der Waals surface area (Å²) in [6.45, 7) is 0.650. The van der Waals surface area contributed by atoms with Crippen molar-refractivity contribution in [2.75, 3.05) is 13.1 Å². The number of aliphatic imine (C=N–C) groups is 1. The summed E-state index contributed by atoms with van der Waals surface area (Å²) in [5, 5.41) is 14.9. The number of carboxylic acid groups (broad SMARTS) is 1. The highest BCUT2D eigenvalue weighted by Gasteiger charge is 2.36. The molecule has 0 aliphatic carbocycles. The normalized spacial score (nSPS) is 16.2. The molecular formula is C27H34N6O5. The van der Waals surface area contributed by atoms with Gasteiger partial charge in [0.05, 0.1) is 0 Å². The third-order valence-corrected chi connectivity index (χ3v) is 6.31. The molecule has 1 heterocycles. The van der Waals surface area contributed by atoms with E-state index in [1.807, 2.05) is 36.4 Å². The van der Waals surface area contributed by atoms with Crippen molar-refractivity contribution in [2.45, 2.75) is 50.2 Å². The van der Waals surface area contributed by atoms with E-state index < -0.39 is 35.9 Å². The van der Waals surface area contributed by atoms with Crippen molar-refractivity contribution in [1.29, 1.82) is 0 Å². The summed E-state index contributed by atoms with van der Waals surface area (Å²) in [5.41, 5.74) is 11.9. The number of carbonyl (C=O) groups is 4. The highest BCUT2D eigenvalue weighted by atomic mass is 16.4. The molecule has 11 heteroatoms. The van der Waals surface area contributed by atoms with Gasteiger partial charge in [-0.15, -0.1) is 0 Å². The Kier molecular flexibility index (Phi) is 10.2. The number of nitrogens with two attached hydrogens (primary N) is 2. The molecule has 1 aliphatic rings. The summed E-state index contributed by atoms with van der Waals surface area (Å²) in [6.07, 6.45) is 1.71. The molecule has 0 bridgehead atoms. The molecule has 11 nitrogen and oxygen atoms in total. The van der Waals surface area contributed by atoms with Crippen molar-refractivity contribution in [1.82, 2.24) is 15.5 Å². The third kappa shape index (κ3) is 8.05. The highest BCUT2D eigenvalue weighted by molar-refractivity contribution is 5.99. The number of nitrogens with one attached hydrogen (secondary N) is 2. The molecule has 0 saturated carbocycles. The molecule has 3 atom stereocenters. The topological polar surface area (TPSA) is 180 Å². The van der Waals surface area contributed by atoms with Gasteiger partial charge >= 0.3 is 5.97 Å². The van der Waals surface area contributed by atoms with Gasteiger partial charge in [-0.05, 0) is 43.4 Å². The van der Waals surface area contributed by atoms with Crippen molar-refractivity contribution in [3.63, 3.8) is 0 Å². The van der Waals surface area contributed by atoms with Crippen LogP contribution in [0.4, 0.5) is 0 Å². The molecule has 7 N–H and O–H groups in total. The fraction of sp³-hybridized carbons (Fsp3) is 0.370. The summed E-state index contributed by atoms with van der Waals surface area (Å²) < 4.78 is 0. The van der Waals surface area contributed by atoms with E-state index in [0.717, 1.165) is 5.56 Å². The number of carbonyl (C=O) groups excluding carboxylic acids is 3. The van der Waals surface area contributed by atoms with Crippen LogP contribution < -0.4 is 22.1 Å². The van der Waals surface area contributed by atoms with Crippen LogP contribution in [0.25, 0.3) is 0 Å². The van der Waals surface area contributed by atoms with E-state index in [0.29, 0.717) is 31.4 Å². The lowest BCUT2D eigenvalue weighted by Gasteiger charge is -2.27. The second kappa shape index (κ2) is 13.8. The van der Waals surface area contributed by atoms with Gasteiger partial charge in [0.2, 0.25) is 11.8 Å². The van der Waals surface area contributed by atoms with Gasteiger partial charge in [0.1, 0.15) is 18.1 Å². The number of hydrogen-bond donors (Lipinski definition) is 5. The minimum atomic E-state index is -1.21. The van der Waals surface area contributed by atoms with Crippen LogP contribution in [0.3, 0.4) is 0 Å². The Morgan fingerprint density at radius 3 is 2.26 bits per heavy atom. The first-order chi connectivity index (χ1) is 18.3. The Balaban J connectivity index is 1.73. The van der Waals surface area contributed by atoms with Crippen molar-refractivity contribution in [3.8, 4) is 0 Å². The molecule has 3 amide bonds. The lowest BCUT2D eigenvalue weighted by atomic mass is 10.0. The number of nitrogens with zero attached hydrogens (tertiary/aromatic N) is 2. The van der Waals surface area contributed by atoms with Crippen LogP contribution in [-0.2, 0) is 20.8 Å². The molecule has 202 valence electrons. The standard InChI is InChI=1S/C27H34N6O5/c28-27(29)30-15-7-13-20(26(37)38)31-23(34)21(17-18-9-3-1-4-10-18)32-24(35)22-14-8-16-33(22)25(36)19-11-5-2-6-12-19/h1-6,9-12,20-22H,7-8,13-17H2,(H,31,34)(H,32,35)(H,37,38)(H4,28,29,30)/t20-,21-,22-/m0/s1. The van der Waals surface area contributed by atoms with E-state index >= 15 is 0 Å². The van der Waals surface area contributed by atoms with Crippen LogP contribution in [0, 0.1) is 0 Å². The summed E-state index contributed by atoms with van der Waals surface area (Å²) in [7, 11) is 0. The predicted molar refractivity (Wildman–Crippen MR) is 142 cm³/mol. The van der Waals surface area contributed by atoms with E-state index in [2.05, 4.69) is 15.6 Å². The Bertz CT molecular complexity index is 1140. The Hall–Kier alpha value is -4.41. The van der Waals surface area contributed by atoms with Gasteiger partial charge < -0.3 is 32.1 Å². The molecule has 1 saturated heterocycles. The van der Waals surface area contributed by atoms with Gasteiger partial charge in [0, 0.05) is 25.1 Å². The van der Waals surface area contributed by atoms with E-state index in [1.54, 1.807) is 24.3 Å². The lowest BCUT2D eigenvalue weighted by Crippen LogP contribution is -2.56. The highest BCUT2D eigenvalue weighted by Crippen LogP contribution is 2.21. The van der Waals surface area contributed by atoms with Crippen molar-refractivity contribution in [2.24, 2.45) is 16.5 Å². The monoisotopic (exact) mass is 522 g/mol. The fourth-order valence-electron chi connectivity index (χ4n) is 4.39. The molecular weight excluding hydrogens is 488 g/mol. The first-order valence-electron chi connectivity index (χ1n) is 12.5. The van der Waals surface area contributed by atoms with Crippen LogP contribution in [0.2, 0.25) is 0 Å². The predicted octanol–water partition coefficient (Wildman–Crippen LogP) is 0.642. The van der Waals surface area contributed by atoms with Crippen LogP contribution in [-0.4, -0.2) is 70.9 Å². The van der Waals surface area contributed by atoms with E-state index in [-0.39, 0.29) is 31.3 Å². The maximum Gasteiger partial charge on any atom is 0.326 e. The van der Waals surface area contributed by atoms with Crippen LogP contribution in [0.15, 0.2) is 65.7 Å². The molecule has 0 radical (unpaired) electrons. The van der Waals surface area contributed by atoms with Crippen molar-refractivity contribution < 1.29 is 24.3 Å². The molecule has 0 spiro atoms. The largest absolute Gasteiger partial charge is 0.480 e. The average Bonchev–Trinajstić information content (AvgIpc) is 3.40. The average molecular weight is 523 g/mol. The van der Waals surface area contributed by atoms with Gasteiger partial charge in [-0.2, -0.15) is 0 Å². The van der Waals surface area contributed by atoms with E-state index in [4.69, 9.17) is 11.5 Å². The molecule has 2 aromatic rings. The smallest absolute Gasteiger partial charge is 0.326 e. The first kappa shape index (κ1) is 28.2. The third-order valence-electron chi connectivity index (χ3n) is 6.31. The van der Waals surface area contributed by atoms with E-state index in [1.165, 1.54) is 4.90 Å². The minimum absolute atomic E-state index is 0.0988. The maximum absolute atomic E-state index is 13.4. The fourth-order valence-corrected chi connectivity index (χ4v) is 4.39. The number of likely N-dealkylation sites (tertiary alicyclic amines) is 1. The van der Waals surface area contributed by atoms with E-state index in [9.17, 15) is 24.3 Å². The molecule has 3 rings (SSSR count). The summed E-state index contributed by atoms with van der Waals surface area (Å²) in [6, 6.07) is 14.8. The van der Waals surface area contributed by atoms with Crippen molar-refractivity contribution in [3.05, 3.63) is 71.8 Å². The molecule has 1 aliphatic heterocycles. The number of amides is 3. The van der Waals surface area contributed by atoms with Gasteiger partial charge in [0.25, 0.3) is 5.91 Å². The Morgan fingerprint density at radius 1 is 0.974 bits per heavy atom. The van der Waals surface area contributed by atoms with Crippen LogP contribution in [0.1, 0.15) is 41.6 Å². The first-order valence-corrected chi connectivity index (χ1v) is 12.5. The molecule has 0 aromatic heterocycles. The van der Waals surface area contributed by atoms with Crippen LogP contribution >= 0.6 is 0 Å². The molecule has 38 heavy (non-hydrogen) atoms. The zero-order valence-corrected chi connectivity index (χ0v) is 21.1. The quantitative estimate of drug-likeness (QED) is 0.154. The second-order valence-corrected chi connectivity index (χ2v) is 9.12. The number of benzene rings is 2. The summed E-state index contributed by atoms with van der Waals surface area (Å²) in [5.74, 6) is -2.64. The SMILES string of the molecule is NC(N)=NCCC[C@H](NC(=O)[C@H](Cc1ccccc1)NC(=O)[C@@H]1CCCN1C(=O)c1ccccc1)C(=O)O. The number of aliphatic carboxylic acids is 1. The van der Waals surface area contributed by atoms with Gasteiger partial charge in [0.15, 0.2) is 5.96 Å². The molecule has 2 aromatic carbocycles. The van der Waals surface area contributed by atoms with Gasteiger partial charge in [-0.25, -0.2) is 4.79 Å². The summed E-state index contributed by atoms with van der Waals surface area (Å²) >= 11 is 0. The minimum Gasteiger partial charge on any atom is -0.480 e. The lowest BCUT2D eigenvalue weighted by molar-refractivity contribution is -0.142. The molecule has 1 fully saturated rings. The number of rotatable bonds is 12. The second-order valence-electron chi connectivity index (χ2n) is 9.12. The zero-order chi connectivity index (χ0) is 27.5. The van der Waals surface area contributed by atoms with Crippen LogP contribution in [0.5, 0.6) is 0 Å². The van der Waals surface area contributed by atoms with Gasteiger partial charge in [-0.1, -0.05) is 48.5 Å². The van der Waals surface area contributed by atoms with Gasteiger partial charge in [-0.3, -0.25) is 19.4 Å². The molecule has 0 unspecified atom stereocenters.